The number of nitrogens with one attached hydrogen (secondary N) is 1. The molecule has 1 amide bonds. The zero-order chi connectivity index (χ0) is 15.9. The summed E-state index contributed by atoms with van der Waals surface area (Å²) in [5.41, 5.74) is 3.11. The van der Waals surface area contributed by atoms with Crippen molar-refractivity contribution in [1.82, 2.24) is 4.98 Å². The Morgan fingerprint density at radius 2 is 1.96 bits per heavy atom. The van der Waals surface area contributed by atoms with Crippen LogP contribution >= 0.6 is 0 Å². The smallest absolute Gasteiger partial charge is 0.235 e. The average molecular weight is 304 g/mol. The van der Waals surface area contributed by atoms with E-state index in [-0.39, 0.29) is 5.91 Å². The van der Waals surface area contributed by atoms with Gasteiger partial charge in [-0.25, -0.2) is 4.98 Å². The summed E-state index contributed by atoms with van der Waals surface area (Å²) in [6, 6.07) is 13.7. The van der Waals surface area contributed by atoms with Gasteiger partial charge in [-0.1, -0.05) is 18.2 Å². The fraction of sp³-hybridized carbons (Fsp3) is 0.278. The van der Waals surface area contributed by atoms with Crippen molar-refractivity contribution in [3.05, 3.63) is 53.9 Å². The quantitative estimate of drug-likeness (QED) is 0.878. The summed E-state index contributed by atoms with van der Waals surface area (Å²) in [7, 11) is 0. The molecule has 114 valence electrons. The Morgan fingerprint density at radius 1 is 1.17 bits per heavy atom. The number of fused-ring (bicyclic) bond motifs is 2. The molecule has 2 aliphatic rings. The van der Waals surface area contributed by atoms with Crippen LogP contribution in [0.25, 0.3) is 0 Å². The van der Waals surface area contributed by atoms with Crippen molar-refractivity contribution in [3.8, 4) is 6.07 Å². The molecule has 0 atom stereocenters. The third-order valence-corrected chi connectivity index (χ3v) is 4.97. The second-order valence-corrected chi connectivity index (χ2v) is 6.08. The molecule has 5 heteroatoms. The first kappa shape index (κ1) is 13.8. The van der Waals surface area contributed by atoms with Gasteiger partial charge in [0.1, 0.15) is 11.8 Å². The number of rotatable bonds is 1. The molecule has 0 radical (unpaired) electrons. The molecule has 1 spiro atoms. The van der Waals surface area contributed by atoms with Gasteiger partial charge < -0.3 is 10.2 Å². The molecular formula is C18H16N4O. The number of carbonyl (C=O) groups excluding carboxylic acids is 1. The number of carbonyl (C=O) groups is 1. The standard InChI is InChI=1S/C18H16N4O/c19-11-13-5-6-14(12-20-13)22-9-7-18(8-10-22)15-3-1-2-4-16(15)21-17(18)23/h1-6,12H,7-10H2,(H,21,23). The van der Waals surface area contributed by atoms with E-state index in [0.29, 0.717) is 5.69 Å². The van der Waals surface area contributed by atoms with Crippen LogP contribution in [0.15, 0.2) is 42.6 Å². The Labute approximate surface area is 134 Å². The molecular weight excluding hydrogens is 288 g/mol. The van der Waals surface area contributed by atoms with Gasteiger partial charge in [-0.2, -0.15) is 5.26 Å². The second-order valence-electron chi connectivity index (χ2n) is 6.08. The highest BCUT2D eigenvalue weighted by atomic mass is 16.2. The van der Waals surface area contributed by atoms with E-state index in [4.69, 9.17) is 5.26 Å². The molecule has 0 saturated carbocycles. The minimum atomic E-state index is -0.396. The summed E-state index contributed by atoms with van der Waals surface area (Å²) < 4.78 is 0. The van der Waals surface area contributed by atoms with Gasteiger partial charge in [-0.15, -0.1) is 0 Å². The molecule has 1 saturated heterocycles. The molecule has 1 fully saturated rings. The third-order valence-electron chi connectivity index (χ3n) is 4.97. The molecule has 1 aromatic heterocycles. The Balaban J connectivity index is 1.57. The maximum Gasteiger partial charge on any atom is 0.235 e. The van der Waals surface area contributed by atoms with Crippen LogP contribution in [0, 0.1) is 11.3 Å². The minimum Gasteiger partial charge on any atom is -0.370 e. The summed E-state index contributed by atoms with van der Waals surface area (Å²) >= 11 is 0. The summed E-state index contributed by atoms with van der Waals surface area (Å²) in [6.07, 6.45) is 3.31. The monoisotopic (exact) mass is 304 g/mol. The van der Waals surface area contributed by atoms with Crippen LogP contribution in [0.1, 0.15) is 24.1 Å². The maximum absolute atomic E-state index is 12.6. The zero-order valence-electron chi connectivity index (χ0n) is 12.6. The Hall–Kier alpha value is -2.87. The van der Waals surface area contributed by atoms with Crippen molar-refractivity contribution >= 4 is 17.3 Å². The molecule has 2 aliphatic heterocycles. The van der Waals surface area contributed by atoms with Crippen LogP contribution in [0.4, 0.5) is 11.4 Å². The van der Waals surface area contributed by atoms with Gasteiger partial charge in [0, 0.05) is 18.8 Å². The van der Waals surface area contributed by atoms with Crippen LogP contribution in [0.2, 0.25) is 0 Å². The number of anilines is 2. The van der Waals surface area contributed by atoms with E-state index >= 15 is 0 Å². The Kier molecular flexibility index (Phi) is 3.05. The number of nitriles is 1. The number of para-hydroxylation sites is 1. The molecule has 5 nitrogen and oxygen atoms in total. The predicted molar refractivity (Wildman–Crippen MR) is 87.1 cm³/mol. The van der Waals surface area contributed by atoms with Gasteiger partial charge in [0.2, 0.25) is 5.91 Å². The van der Waals surface area contributed by atoms with Crippen LogP contribution in [0.3, 0.4) is 0 Å². The molecule has 1 aromatic carbocycles. The van der Waals surface area contributed by atoms with E-state index in [1.165, 1.54) is 0 Å². The Morgan fingerprint density at radius 3 is 2.65 bits per heavy atom. The van der Waals surface area contributed by atoms with Crippen molar-refractivity contribution < 1.29 is 4.79 Å². The topological polar surface area (TPSA) is 69.0 Å². The fourth-order valence-electron chi connectivity index (χ4n) is 3.66. The lowest BCUT2D eigenvalue weighted by molar-refractivity contribution is -0.121. The van der Waals surface area contributed by atoms with Crippen molar-refractivity contribution in [3.63, 3.8) is 0 Å². The van der Waals surface area contributed by atoms with E-state index in [9.17, 15) is 4.79 Å². The highest BCUT2D eigenvalue weighted by molar-refractivity contribution is 6.06. The van der Waals surface area contributed by atoms with Gasteiger partial charge in [0.05, 0.1) is 17.3 Å². The molecule has 4 rings (SSSR count). The van der Waals surface area contributed by atoms with Gasteiger partial charge in [0.25, 0.3) is 0 Å². The van der Waals surface area contributed by atoms with Gasteiger partial charge in [-0.05, 0) is 36.6 Å². The summed E-state index contributed by atoms with van der Waals surface area (Å²) in [5, 5.41) is 11.9. The van der Waals surface area contributed by atoms with Gasteiger partial charge in [0.15, 0.2) is 0 Å². The van der Waals surface area contributed by atoms with Crippen LogP contribution in [-0.2, 0) is 10.2 Å². The lowest BCUT2D eigenvalue weighted by Gasteiger charge is -2.39. The van der Waals surface area contributed by atoms with E-state index < -0.39 is 5.41 Å². The molecule has 1 N–H and O–H groups in total. The fourth-order valence-corrected chi connectivity index (χ4v) is 3.66. The van der Waals surface area contributed by atoms with E-state index in [1.54, 1.807) is 12.3 Å². The highest BCUT2D eigenvalue weighted by Gasteiger charge is 2.48. The molecule has 0 aliphatic carbocycles. The lowest BCUT2D eigenvalue weighted by atomic mass is 9.73. The van der Waals surface area contributed by atoms with E-state index in [1.807, 2.05) is 30.3 Å². The normalized spacial score (nSPS) is 18.4. The summed E-state index contributed by atoms with van der Waals surface area (Å²) in [5.74, 6) is 0.122. The number of aromatic nitrogens is 1. The second kappa shape index (κ2) is 5.10. The highest BCUT2D eigenvalue weighted by Crippen LogP contribution is 2.45. The van der Waals surface area contributed by atoms with Gasteiger partial charge >= 0.3 is 0 Å². The number of amides is 1. The minimum absolute atomic E-state index is 0.122. The molecule has 23 heavy (non-hydrogen) atoms. The van der Waals surface area contributed by atoms with Crippen molar-refractivity contribution in [2.45, 2.75) is 18.3 Å². The number of pyridine rings is 1. The molecule has 0 bridgehead atoms. The summed E-state index contributed by atoms with van der Waals surface area (Å²) in [6.45, 7) is 1.60. The zero-order valence-corrected chi connectivity index (χ0v) is 12.6. The first-order valence-electron chi connectivity index (χ1n) is 7.75. The number of hydrogen-bond donors (Lipinski definition) is 1. The average Bonchev–Trinajstić information content (AvgIpc) is 2.88. The van der Waals surface area contributed by atoms with Crippen molar-refractivity contribution in [1.29, 1.82) is 5.26 Å². The number of hydrogen-bond acceptors (Lipinski definition) is 4. The van der Waals surface area contributed by atoms with Crippen LogP contribution < -0.4 is 10.2 Å². The first-order valence-corrected chi connectivity index (χ1v) is 7.75. The first-order chi connectivity index (χ1) is 11.2. The molecule has 2 aromatic rings. The lowest BCUT2D eigenvalue weighted by Crippen LogP contribution is -2.46. The van der Waals surface area contributed by atoms with Crippen LogP contribution in [-0.4, -0.2) is 24.0 Å². The van der Waals surface area contributed by atoms with Gasteiger partial charge in [-0.3, -0.25) is 4.79 Å². The number of benzene rings is 1. The molecule has 3 heterocycles. The van der Waals surface area contributed by atoms with Crippen molar-refractivity contribution in [2.75, 3.05) is 23.3 Å². The largest absolute Gasteiger partial charge is 0.370 e. The third kappa shape index (κ3) is 2.07. The van der Waals surface area contributed by atoms with E-state index in [0.717, 1.165) is 42.9 Å². The number of nitrogens with zero attached hydrogens (tertiary/aromatic N) is 3. The number of piperidine rings is 1. The van der Waals surface area contributed by atoms with Crippen molar-refractivity contribution in [2.24, 2.45) is 0 Å². The SMILES string of the molecule is N#Cc1ccc(N2CCC3(CC2)C(=O)Nc2ccccc23)cn1. The maximum atomic E-state index is 12.6. The van der Waals surface area contributed by atoms with E-state index in [2.05, 4.69) is 21.3 Å². The molecule has 0 unspecified atom stereocenters. The predicted octanol–water partition coefficient (Wildman–Crippen LogP) is 2.44. The summed E-state index contributed by atoms with van der Waals surface area (Å²) in [4.78, 5) is 18.9. The Bertz CT molecular complexity index is 799. The van der Waals surface area contributed by atoms with Crippen LogP contribution in [0.5, 0.6) is 0 Å².